The van der Waals surface area contributed by atoms with E-state index in [0.29, 0.717) is 24.3 Å². The summed E-state index contributed by atoms with van der Waals surface area (Å²) in [6.45, 7) is 1.45. The van der Waals surface area contributed by atoms with E-state index in [1.54, 1.807) is 24.3 Å². The summed E-state index contributed by atoms with van der Waals surface area (Å²) < 4.78 is 5.21. The van der Waals surface area contributed by atoms with Crippen LogP contribution in [-0.4, -0.2) is 31.2 Å². The zero-order valence-corrected chi connectivity index (χ0v) is 9.50. The molecule has 2 N–H and O–H groups in total. The van der Waals surface area contributed by atoms with Crippen LogP contribution in [0.5, 0.6) is 0 Å². The van der Waals surface area contributed by atoms with Crippen molar-refractivity contribution in [3.63, 3.8) is 0 Å². The Labute approximate surface area is 100 Å². The number of carbonyl (C=O) groups is 1. The molecule has 1 fully saturated rings. The number of aliphatic hydroxyl groups is 1. The van der Waals surface area contributed by atoms with Crippen LogP contribution in [0.3, 0.4) is 0 Å². The topological polar surface area (TPSA) is 58.6 Å². The van der Waals surface area contributed by atoms with Gasteiger partial charge in [-0.05, 0) is 0 Å². The molecular formula is C11H14ClNO3. The number of halogens is 1. The molecule has 5 heteroatoms. The van der Waals surface area contributed by atoms with Gasteiger partial charge in [0.1, 0.15) is 6.29 Å². The first-order chi connectivity index (χ1) is 7.24. The molecule has 0 bridgehead atoms. The molecule has 1 atom stereocenters. The minimum atomic E-state index is -1.13. The van der Waals surface area contributed by atoms with E-state index < -0.39 is 5.72 Å². The largest absolute Gasteiger partial charge is 0.375 e. The average Bonchev–Trinajstić information content (AvgIpc) is 2.30. The Balaban J connectivity index is 0.00000128. The number of benzene rings is 1. The van der Waals surface area contributed by atoms with Crippen LogP contribution in [0.4, 0.5) is 0 Å². The lowest BCUT2D eigenvalue weighted by Gasteiger charge is -2.33. The second kappa shape index (κ2) is 5.41. The highest BCUT2D eigenvalue weighted by Crippen LogP contribution is 2.20. The lowest BCUT2D eigenvalue weighted by molar-refractivity contribution is -0.106. The minimum absolute atomic E-state index is 0. The van der Waals surface area contributed by atoms with E-state index in [1.165, 1.54) is 0 Å². The third kappa shape index (κ3) is 2.59. The summed E-state index contributed by atoms with van der Waals surface area (Å²) in [5, 5.41) is 13.2. The molecule has 88 valence electrons. The third-order valence-electron chi connectivity index (χ3n) is 2.50. The van der Waals surface area contributed by atoms with Crippen molar-refractivity contribution < 1.29 is 14.6 Å². The van der Waals surface area contributed by atoms with Crippen molar-refractivity contribution in [2.24, 2.45) is 0 Å². The number of ether oxygens (including phenoxy) is 1. The van der Waals surface area contributed by atoms with Gasteiger partial charge in [-0.25, -0.2) is 0 Å². The Bertz CT molecular complexity index is 347. The van der Waals surface area contributed by atoms with Gasteiger partial charge in [0.25, 0.3) is 0 Å². The van der Waals surface area contributed by atoms with E-state index in [9.17, 15) is 9.90 Å². The monoisotopic (exact) mass is 243 g/mol. The van der Waals surface area contributed by atoms with Gasteiger partial charge in [-0.15, -0.1) is 12.4 Å². The number of aldehydes is 1. The lowest BCUT2D eigenvalue weighted by atomic mass is 10.0. The van der Waals surface area contributed by atoms with Crippen LogP contribution in [0, 0.1) is 0 Å². The maximum Gasteiger partial charge on any atom is 0.165 e. The molecule has 1 aromatic rings. The average molecular weight is 244 g/mol. The molecule has 0 aliphatic carbocycles. The molecule has 1 heterocycles. The van der Waals surface area contributed by atoms with Gasteiger partial charge in [0, 0.05) is 17.7 Å². The van der Waals surface area contributed by atoms with Gasteiger partial charge in [0.2, 0.25) is 0 Å². The van der Waals surface area contributed by atoms with Crippen LogP contribution >= 0.6 is 12.4 Å². The maximum absolute atomic E-state index is 10.5. The Kier molecular flexibility index (Phi) is 4.44. The van der Waals surface area contributed by atoms with Crippen LogP contribution in [-0.2, 0) is 10.5 Å². The first-order valence-electron chi connectivity index (χ1n) is 4.85. The molecule has 1 aliphatic heterocycles. The van der Waals surface area contributed by atoms with Crippen LogP contribution in [0.25, 0.3) is 0 Å². The molecule has 1 saturated heterocycles. The van der Waals surface area contributed by atoms with E-state index >= 15 is 0 Å². The summed E-state index contributed by atoms with van der Waals surface area (Å²) in [7, 11) is 0. The Morgan fingerprint density at radius 1 is 1.38 bits per heavy atom. The van der Waals surface area contributed by atoms with Crippen molar-refractivity contribution in [1.82, 2.24) is 5.32 Å². The molecule has 4 nitrogen and oxygen atoms in total. The zero-order chi connectivity index (χ0) is 10.7. The van der Waals surface area contributed by atoms with E-state index in [0.717, 1.165) is 6.29 Å². The number of hydrogen-bond acceptors (Lipinski definition) is 4. The molecule has 0 aromatic heterocycles. The number of carbonyl (C=O) groups excluding carboxylic acids is 1. The van der Waals surface area contributed by atoms with Crippen LogP contribution in [0.15, 0.2) is 24.3 Å². The molecule has 0 spiro atoms. The molecule has 0 unspecified atom stereocenters. The van der Waals surface area contributed by atoms with Gasteiger partial charge in [-0.2, -0.15) is 0 Å². The molecular weight excluding hydrogens is 230 g/mol. The van der Waals surface area contributed by atoms with Gasteiger partial charge in [0.05, 0.1) is 13.2 Å². The molecule has 1 aromatic carbocycles. The summed E-state index contributed by atoms with van der Waals surface area (Å²) in [5.74, 6) is 0. The fourth-order valence-electron chi connectivity index (χ4n) is 1.62. The normalized spacial score (nSPS) is 24.6. The van der Waals surface area contributed by atoms with Crippen molar-refractivity contribution in [1.29, 1.82) is 0 Å². The quantitative estimate of drug-likeness (QED) is 0.751. The molecule has 1 aliphatic rings. The van der Waals surface area contributed by atoms with Gasteiger partial charge >= 0.3 is 0 Å². The Morgan fingerprint density at radius 3 is 2.56 bits per heavy atom. The molecule has 16 heavy (non-hydrogen) atoms. The Hall–Kier alpha value is -0.940. The molecule has 0 radical (unpaired) electrons. The first-order valence-corrected chi connectivity index (χ1v) is 4.85. The predicted octanol–water partition coefficient (Wildman–Crippen LogP) is 0.686. The van der Waals surface area contributed by atoms with E-state index in [2.05, 4.69) is 5.32 Å². The highest BCUT2D eigenvalue weighted by Gasteiger charge is 2.31. The van der Waals surface area contributed by atoms with Crippen molar-refractivity contribution in [3.05, 3.63) is 35.4 Å². The van der Waals surface area contributed by atoms with Gasteiger partial charge in [-0.3, -0.25) is 10.1 Å². The summed E-state index contributed by atoms with van der Waals surface area (Å²) >= 11 is 0. The van der Waals surface area contributed by atoms with Crippen molar-refractivity contribution in [2.45, 2.75) is 5.72 Å². The van der Waals surface area contributed by atoms with Crippen molar-refractivity contribution in [3.8, 4) is 0 Å². The number of rotatable bonds is 2. The van der Waals surface area contributed by atoms with Gasteiger partial charge in [0.15, 0.2) is 5.72 Å². The number of morpholine rings is 1. The SMILES string of the molecule is Cl.O=Cc1ccc([C@@]2(O)COCCN2)cc1. The summed E-state index contributed by atoms with van der Waals surface area (Å²) in [6.07, 6.45) is 0.776. The van der Waals surface area contributed by atoms with E-state index in [-0.39, 0.29) is 19.0 Å². The van der Waals surface area contributed by atoms with Crippen molar-refractivity contribution >= 4 is 18.7 Å². The fourth-order valence-corrected chi connectivity index (χ4v) is 1.62. The molecule has 0 amide bonds. The predicted molar refractivity (Wildman–Crippen MR) is 61.8 cm³/mol. The second-order valence-corrected chi connectivity index (χ2v) is 3.58. The van der Waals surface area contributed by atoms with Gasteiger partial charge in [-0.1, -0.05) is 24.3 Å². The number of hydrogen-bond donors (Lipinski definition) is 2. The minimum Gasteiger partial charge on any atom is -0.375 e. The first kappa shape index (κ1) is 13.1. The zero-order valence-electron chi connectivity index (χ0n) is 8.68. The summed E-state index contributed by atoms with van der Waals surface area (Å²) in [6, 6.07) is 6.81. The fraction of sp³-hybridized carbons (Fsp3) is 0.364. The maximum atomic E-state index is 10.5. The van der Waals surface area contributed by atoms with Crippen LogP contribution < -0.4 is 5.32 Å². The summed E-state index contributed by atoms with van der Waals surface area (Å²) in [4.78, 5) is 10.5. The smallest absolute Gasteiger partial charge is 0.165 e. The molecule has 0 saturated carbocycles. The van der Waals surface area contributed by atoms with E-state index in [1.807, 2.05) is 0 Å². The van der Waals surface area contributed by atoms with Gasteiger partial charge < -0.3 is 9.84 Å². The third-order valence-corrected chi connectivity index (χ3v) is 2.50. The molecule has 2 rings (SSSR count). The highest BCUT2D eigenvalue weighted by molar-refractivity contribution is 5.85. The highest BCUT2D eigenvalue weighted by atomic mass is 35.5. The Morgan fingerprint density at radius 2 is 2.06 bits per heavy atom. The van der Waals surface area contributed by atoms with Crippen molar-refractivity contribution in [2.75, 3.05) is 19.8 Å². The van der Waals surface area contributed by atoms with Crippen LogP contribution in [0.2, 0.25) is 0 Å². The standard InChI is InChI=1S/C11H13NO3.ClH/c13-7-9-1-3-10(4-2-9)11(14)8-15-6-5-12-11;/h1-4,7,12,14H,5-6,8H2;1H/t11-;/m0./s1. The summed E-state index contributed by atoms with van der Waals surface area (Å²) in [5.41, 5.74) is 0.187. The second-order valence-electron chi connectivity index (χ2n) is 3.58. The van der Waals surface area contributed by atoms with E-state index in [4.69, 9.17) is 4.74 Å². The lowest BCUT2D eigenvalue weighted by Crippen LogP contribution is -2.51. The number of nitrogens with one attached hydrogen (secondary N) is 1. The van der Waals surface area contributed by atoms with Crippen LogP contribution in [0.1, 0.15) is 15.9 Å².